The van der Waals surface area contributed by atoms with Gasteiger partial charge in [-0.05, 0) is 24.5 Å². The Morgan fingerprint density at radius 1 is 1.30 bits per heavy atom. The molecule has 1 aromatic heterocycles. The summed E-state index contributed by atoms with van der Waals surface area (Å²) in [5.74, 6) is -3.27. The average Bonchev–Trinajstić information content (AvgIpc) is 3.37. The smallest absolute Gasteiger partial charge is 0.248 e. The summed E-state index contributed by atoms with van der Waals surface area (Å²) >= 11 is 0. The molecule has 11 heteroatoms. The summed E-state index contributed by atoms with van der Waals surface area (Å²) < 4.78 is 35.4. The van der Waals surface area contributed by atoms with Gasteiger partial charge in [0, 0.05) is 25.6 Å². The monoisotopic (exact) mass is 465 g/mol. The fraction of sp³-hybridized carbons (Fsp3) is 0.545. The van der Waals surface area contributed by atoms with Crippen molar-refractivity contribution in [3.8, 4) is 17.0 Å². The van der Waals surface area contributed by atoms with Gasteiger partial charge in [0.2, 0.25) is 17.6 Å². The van der Waals surface area contributed by atoms with Crippen LogP contribution in [0.25, 0.3) is 11.3 Å². The molecule has 33 heavy (non-hydrogen) atoms. The van der Waals surface area contributed by atoms with Crippen molar-refractivity contribution in [3.05, 3.63) is 30.0 Å². The molecular formula is C22H29F2N5O4. The Labute approximate surface area is 190 Å². The van der Waals surface area contributed by atoms with Crippen LogP contribution >= 0.6 is 0 Å². The van der Waals surface area contributed by atoms with Crippen LogP contribution in [0.3, 0.4) is 0 Å². The second-order valence-electron chi connectivity index (χ2n) is 9.03. The van der Waals surface area contributed by atoms with Crippen LogP contribution in [-0.2, 0) is 9.59 Å². The molecule has 1 fully saturated rings. The minimum Gasteiger partial charge on any atom is -0.491 e. The van der Waals surface area contributed by atoms with Gasteiger partial charge in [-0.25, -0.2) is 9.07 Å². The lowest BCUT2D eigenvalue weighted by Crippen LogP contribution is -2.49. The van der Waals surface area contributed by atoms with E-state index in [2.05, 4.69) is 15.6 Å². The molecule has 180 valence electrons. The fourth-order valence-electron chi connectivity index (χ4n) is 4.03. The maximum Gasteiger partial charge on any atom is 0.248 e. The number of halogens is 2. The quantitative estimate of drug-likeness (QED) is 0.675. The van der Waals surface area contributed by atoms with Crippen molar-refractivity contribution in [1.29, 1.82) is 0 Å². The zero-order chi connectivity index (χ0) is 24.5. The molecule has 2 unspecified atom stereocenters. The highest BCUT2D eigenvalue weighted by Crippen LogP contribution is 2.35. The van der Waals surface area contributed by atoms with Crippen LogP contribution in [0.1, 0.15) is 40.2 Å². The molecule has 9 nitrogen and oxygen atoms in total. The molecule has 3 atom stereocenters. The van der Waals surface area contributed by atoms with Gasteiger partial charge in [-0.2, -0.15) is 4.39 Å². The summed E-state index contributed by atoms with van der Waals surface area (Å²) in [6, 6.07) is 0.918. The number of rotatable bonds is 6. The zero-order valence-corrected chi connectivity index (χ0v) is 19.3. The largest absolute Gasteiger partial charge is 0.491 e. The van der Waals surface area contributed by atoms with Crippen molar-refractivity contribution in [2.75, 3.05) is 20.2 Å². The lowest BCUT2D eigenvalue weighted by atomic mass is 9.85. The number of likely N-dealkylation sites (tertiary alicyclic amines) is 1. The van der Waals surface area contributed by atoms with E-state index in [1.54, 1.807) is 6.92 Å². The van der Waals surface area contributed by atoms with E-state index in [9.17, 15) is 23.5 Å². The third-order valence-corrected chi connectivity index (χ3v) is 5.56. The Morgan fingerprint density at radius 2 is 2.00 bits per heavy atom. The van der Waals surface area contributed by atoms with Crippen molar-refractivity contribution in [3.63, 3.8) is 0 Å². The van der Waals surface area contributed by atoms with Crippen molar-refractivity contribution in [2.45, 2.75) is 52.3 Å². The van der Waals surface area contributed by atoms with Gasteiger partial charge in [-0.3, -0.25) is 9.59 Å². The maximum absolute atomic E-state index is 14.7. The summed E-state index contributed by atoms with van der Waals surface area (Å²) in [6.07, 6.45) is 0.665. The summed E-state index contributed by atoms with van der Waals surface area (Å²) in [4.78, 5) is 27.2. The minimum atomic E-state index is -1.13. The molecule has 0 radical (unpaired) electrons. The third-order valence-electron chi connectivity index (χ3n) is 5.56. The molecule has 0 bridgehead atoms. The van der Waals surface area contributed by atoms with E-state index < -0.39 is 41.1 Å². The van der Waals surface area contributed by atoms with Gasteiger partial charge in [-0.1, -0.05) is 26.0 Å². The highest BCUT2D eigenvalue weighted by Gasteiger charge is 2.45. The number of hydrogen-bond donors (Lipinski definition) is 2. The number of ether oxygens (including phenoxy) is 1. The van der Waals surface area contributed by atoms with Crippen LogP contribution < -0.4 is 10.1 Å². The number of aliphatic hydroxyl groups is 1. The van der Waals surface area contributed by atoms with Gasteiger partial charge < -0.3 is 20.1 Å². The predicted octanol–water partition coefficient (Wildman–Crippen LogP) is 1.92. The first-order valence-electron chi connectivity index (χ1n) is 10.7. The standard InChI is InChI=1S/C22H29F2N5O4/c1-6-33-16-8-7-13(17(23)18(16)24)14-11-29(27-26-14)19(22(2,3)4)21(32)28-10-12(30)9-15(28)20(31)25-5/h7-8,11-12,15,19,30H,6,9-10H2,1-5H3,(H,25,31)/t12?,15-,19?/m1/s1. The topological polar surface area (TPSA) is 110 Å². The fourth-order valence-corrected chi connectivity index (χ4v) is 4.03. The van der Waals surface area contributed by atoms with Gasteiger partial charge in [0.1, 0.15) is 17.8 Å². The summed E-state index contributed by atoms with van der Waals surface area (Å²) in [6.45, 7) is 7.29. The molecule has 2 aromatic rings. The molecule has 3 rings (SSSR count). The van der Waals surface area contributed by atoms with Crippen LogP contribution in [0.2, 0.25) is 0 Å². The molecule has 2 amide bonds. The first kappa shape index (κ1) is 24.6. The Bertz CT molecular complexity index is 1040. The number of likely N-dealkylation sites (N-methyl/N-ethyl adjacent to an activating group) is 1. The molecule has 2 heterocycles. The Morgan fingerprint density at radius 3 is 2.61 bits per heavy atom. The lowest BCUT2D eigenvalue weighted by molar-refractivity contribution is -0.144. The van der Waals surface area contributed by atoms with Crippen molar-refractivity contribution >= 4 is 11.8 Å². The van der Waals surface area contributed by atoms with Crippen LogP contribution in [-0.4, -0.2) is 69.2 Å². The van der Waals surface area contributed by atoms with E-state index in [1.807, 2.05) is 20.8 Å². The number of aliphatic hydroxyl groups excluding tert-OH is 1. The van der Waals surface area contributed by atoms with Gasteiger partial charge >= 0.3 is 0 Å². The second-order valence-corrected chi connectivity index (χ2v) is 9.03. The van der Waals surface area contributed by atoms with Crippen molar-refractivity contribution < 1.29 is 28.2 Å². The Hall–Kier alpha value is -3.08. The number of β-amino-alcohol motifs (C(OH)–C–C–N with tert-alkyl or cyclic N) is 1. The van der Waals surface area contributed by atoms with E-state index in [-0.39, 0.29) is 42.5 Å². The molecule has 1 aliphatic rings. The van der Waals surface area contributed by atoms with Crippen LogP contribution in [0, 0.1) is 17.0 Å². The maximum atomic E-state index is 14.7. The normalized spacial score (nSPS) is 19.5. The van der Waals surface area contributed by atoms with Gasteiger partial charge in [0.15, 0.2) is 11.6 Å². The van der Waals surface area contributed by atoms with Gasteiger partial charge in [0.05, 0.1) is 18.9 Å². The molecule has 0 spiro atoms. The molecule has 0 saturated carbocycles. The lowest BCUT2D eigenvalue weighted by Gasteiger charge is -2.34. The van der Waals surface area contributed by atoms with Crippen LogP contribution in [0.15, 0.2) is 18.3 Å². The number of hydrogen-bond acceptors (Lipinski definition) is 6. The average molecular weight is 466 g/mol. The second kappa shape index (κ2) is 9.42. The van der Waals surface area contributed by atoms with Crippen molar-refractivity contribution in [1.82, 2.24) is 25.2 Å². The Balaban J connectivity index is 1.97. The number of nitrogens with one attached hydrogen (secondary N) is 1. The summed E-state index contributed by atoms with van der Waals surface area (Å²) in [7, 11) is 1.46. The van der Waals surface area contributed by atoms with Crippen LogP contribution in [0.5, 0.6) is 5.75 Å². The molecule has 1 saturated heterocycles. The predicted molar refractivity (Wildman–Crippen MR) is 115 cm³/mol. The first-order chi connectivity index (χ1) is 15.5. The number of nitrogens with zero attached hydrogens (tertiary/aromatic N) is 4. The van der Waals surface area contributed by atoms with E-state index in [0.717, 1.165) is 0 Å². The van der Waals surface area contributed by atoms with E-state index in [0.29, 0.717) is 0 Å². The minimum absolute atomic E-state index is 0.00375. The first-order valence-corrected chi connectivity index (χ1v) is 10.7. The van der Waals surface area contributed by atoms with Crippen LogP contribution in [0.4, 0.5) is 8.78 Å². The van der Waals surface area contributed by atoms with Gasteiger partial charge in [0.25, 0.3) is 0 Å². The van der Waals surface area contributed by atoms with E-state index in [1.165, 1.54) is 35.0 Å². The Kier molecular flexibility index (Phi) is 7.01. The molecule has 1 aliphatic heterocycles. The number of aromatic nitrogens is 3. The third kappa shape index (κ3) is 4.82. The number of benzene rings is 1. The molecular weight excluding hydrogens is 436 g/mol. The molecule has 0 aliphatic carbocycles. The molecule has 2 N–H and O–H groups in total. The highest BCUT2D eigenvalue weighted by atomic mass is 19.2. The van der Waals surface area contributed by atoms with Crippen molar-refractivity contribution in [2.24, 2.45) is 5.41 Å². The van der Waals surface area contributed by atoms with E-state index >= 15 is 0 Å². The summed E-state index contributed by atoms with van der Waals surface area (Å²) in [5.41, 5.74) is -0.756. The highest BCUT2D eigenvalue weighted by molar-refractivity contribution is 5.90. The van der Waals surface area contributed by atoms with E-state index in [4.69, 9.17) is 4.74 Å². The number of carbonyl (C=O) groups is 2. The summed E-state index contributed by atoms with van der Waals surface area (Å²) in [5, 5.41) is 20.6. The number of carbonyl (C=O) groups excluding carboxylic acids is 2. The number of amides is 2. The zero-order valence-electron chi connectivity index (χ0n) is 19.3. The van der Waals surface area contributed by atoms with Gasteiger partial charge in [-0.15, -0.1) is 5.10 Å². The SMILES string of the molecule is CCOc1ccc(-c2cn(C(C(=O)N3CC(O)C[C@@H]3C(=O)NC)C(C)(C)C)nn2)c(F)c1F. The molecule has 1 aromatic carbocycles.